The topological polar surface area (TPSA) is 21.3 Å². The van der Waals surface area contributed by atoms with Crippen LogP contribution >= 0.6 is 15.9 Å². The number of rotatable bonds is 5. The van der Waals surface area contributed by atoms with E-state index < -0.39 is 0 Å². The third-order valence-corrected chi connectivity index (χ3v) is 4.30. The second kappa shape index (κ2) is 6.20. The van der Waals surface area contributed by atoms with Gasteiger partial charge in [0.2, 0.25) is 0 Å². The van der Waals surface area contributed by atoms with Crippen LogP contribution in [0.15, 0.2) is 40.9 Å². The second-order valence-electron chi connectivity index (χ2n) is 5.80. The van der Waals surface area contributed by atoms with Crippen LogP contribution in [0.3, 0.4) is 0 Å². The highest BCUT2D eigenvalue weighted by atomic mass is 79.9. The quantitative estimate of drug-likeness (QED) is 0.812. The summed E-state index contributed by atoms with van der Waals surface area (Å²) in [5.41, 5.74) is 3.70. The first kappa shape index (κ1) is 14.6. The fraction of sp³-hybridized carbons (Fsp3) is 0.333. The molecule has 2 aromatic rings. The number of benzene rings is 2. The van der Waals surface area contributed by atoms with Crippen LogP contribution < -0.4 is 10.1 Å². The molecule has 0 bridgehead atoms. The molecule has 1 aliphatic carbocycles. The first-order valence-corrected chi connectivity index (χ1v) is 8.18. The van der Waals surface area contributed by atoms with Crippen molar-refractivity contribution in [2.45, 2.75) is 39.3 Å². The largest absolute Gasteiger partial charge is 0.456 e. The molecule has 2 nitrogen and oxygen atoms in total. The van der Waals surface area contributed by atoms with Gasteiger partial charge in [0.05, 0.1) is 4.47 Å². The number of hydrogen-bond donors (Lipinski definition) is 1. The van der Waals surface area contributed by atoms with Gasteiger partial charge in [0, 0.05) is 18.2 Å². The average molecular weight is 346 g/mol. The van der Waals surface area contributed by atoms with Gasteiger partial charge in [-0.1, -0.05) is 23.8 Å². The molecule has 0 unspecified atom stereocenters. The van der Waals surface area contributed by atoms with Crippen LogP contribution in [0.4, 0.5) is 0 Å². The standard InChI is InChI=1S/C18H20BrNO/c1-12-3-7-17(14(9-12)11-20-15-5-6-15)21-18-8-4-13(2)10-16(18)19/h3-4,7-10,15,20H,5-6,11H2,1-2H3. The lowest BCUT2D eigenvalue weighted by Gasteiger charge is -2.14. The molecule has 1 fully saturated rings. The summed E-state index contributed by atoms with van der Waals surface area (Å²) in [5.74, 6) is 1.79. The highest BCUT2D eigenvalue weighted by Gasteiger charge is 2.20. The first-order valence-electron chi connectivity index (χ1n) is 7.39. The van der Waals surface area contributed by atoms with Gasteiger partial charge in [-0.05, 0) is 66.4 Å². The van der Waals surface area contributed by atoms with Crippen LogP contribution in [0.5, 0.6) is 11.5 Å². The third-order valence-electron chi connectivity index (χ3n) is 3.68. The van der Waals surface area contributed by atoms with Crippen molar-refractivity contribution in [2.24, 2.45) is 0 Å². The number of nitrogens with one attached hydrogen (secondary N) is 1. The van der Waals surface area contributed by atoms with Gasteiger partial charge in [-0.25, -0.2) is 0 Å². The highest BCUT2D eigenvalue weighted by molar-refractivity contribution is 9.10. The van der Waals surface area contributed by atoms with E-state index in [0.29, 0.717) is 6.04 Å². The lowest BCUT2D eigenvalue weighted by molar-refractivity contribution is 0.469. The Hall–Kier alpha value is -1.32. The van der Waals surface area contributed by atoms with Crippen LogP contribution in [0.25, 0.3) is 0 Å². The van der Waals surface area contributed by atoms with Crippen LogP contribution in [0.1, 0.15) is 29.5 Å². The summed E-state index contributed by atoms with van der Waals surface area (Å²) in [5, 5.41) is 3.56. The summed E-state index contributed by atoms with van der Waals surface area (Å²) in [6.45, 7) is 5.06. The molecule has 1 aliphatic rings. The Bertz CT molecular complexity index is 650. The predicted octanol–water partition coefficient (Wildman–Crippen LogP) is 5.11. The van der Waals surface area contributed by atoms with E-state index in [0.717, 1.165) is 22.5 Å². The molecule has 2 aromatic carbocycles. The number of aryl methyl sites for hydroxylation is 2. The molecule has 110 valence electrons. The third kappa shape index (κ3) is 3.86. The molecule has 0 aromatic heterocycles. The second-order valence-corrected chi connectivity index (χ2v) is 6.66. The first-order chi connectivity index (χ1) is 10.1. The van der Waals surface area contributed by atoms with Crippen molar-refractivity contribution in [2.75, 3.05) is 0 Å². The summed E-state index contributed by atoms with van der Waals surface area (Å²) < 4.78 is 7.11. The van der Waals surface area contributed by atoms with Crippen molar-refractivity contribution in [3.05, 3.63) is 57.6 Å². The van der Waals surface area contributed by atoms with Gasteiger partial charge in [0.25, 0.3) is 0 Å². The molecule has 1 N–H and O–H groups in total. The molecule has 0 amide bonds. The lowest BCUT2D eigenvalue weighted by atomic mass is 10.1. The van der Waals surface area contributed by atoms with Gasteiger partial charge in [0.15, 0.2) is 0 Å². The Morgan fingerprint density at radius 1 is 1.05 bits per heavy atom. The minimum absolute atomic E-state index is 0.699. The summed E-state index contributed by atoms with van der Waals surface area (Å²) in [6, 6.07) is 13.2. The summed E-state index contributed by atoms with van der Waals surface area (Å²) in [4.78, 5) is 0. The maximum atomic E-state index is 6.12. The molecule has 0 atom stereocenters. The van der Waals surface area contributed by atoms with E-state index in [1.807, 2.05) is 6.07 Å². The van der Waals surface area contributed by atoms with E-state index in [2.05, 4.69) is 65.4 Å². The van der Waals surface area contributed by atoms with Crippen molar-refractivity contribution >= 4 is 15.9 Å². The minimum Gasteiger partial charge on any atom is -0.456 e. The van der Waals surface area contributed by atoms with Crippen LogP contribution in [-0.2, 0) is 6.54 Å². The van der Waals surface area contributed by atoms with Crippen molar-refractivity contribution < 1.29 is 4.74 Å². The SMILES string of the molecule is Cc1ccc(Oc2ccc(C)cc2CNC2CC2)c(Br)c1. The van der Waals surface area contributed by atoms with Crippen LogP contribution in [0, 0.1) is 13.8 Å². The molecule has 0 radical (unpaired) electrons. The molecule has 3 heteroatoms. The summed E-state index contributed by atoms with van der Waals surface area (Å²) in [6.07, 6.45) is 2.59. The monoisotopic (exact) mass is 345 g/mol. The Kier molecular flexibility index (Phi) is 4.32. The molecule has 0 aliphatic heterocycles. The lowest BCUT2D eigenvalue weighted by Crippen LogP contribution is -2.15. The maximum Gasteiger partial charge on any atom is 0.141 e. The van der Waals surface area contributed by atoms with E-state index in [-0.39, 0.29) is 0 Å². The number of hydrogen-bond acceptors (Lipinski definition) is 2. The molecule has 0 heterocycles. The number of ether oxygens (including phenoxy) is 1. The van der Waals surface area contributed by atoms with Crippen molar-refractivity contribution in [3.63, 3.8) is 0 Å². The summed E-state index contributed by atoms with van der Waals surface area (Å²) >= 11 is 3.58. The van der Waals surface area contributed by atoms with Crippen LogP contribution in [-0.4, -0.2) is 6.04 Å². The molecule has 21 heavy (non-hydrogen) atoms. The van der Waals surface area contributed by atoms with Gasteiger partial charge in [0.1, 0.15) is 11.5 Å². The number of halogens is 1. The van der Waals surface area contributed by atoms with Crippen LogP contribution in [0.2, 0.25) is 0 Å². The molecule has 0 saturated heterocycles. The van der Waals surface area contributed by atoms with E-state index in [9.17, 15) is 0 Å². The van der Waals surface area contributed by atoms with Crippen molar-refractivity contribution in [1.82, 2.24) is 5.32 Å². The van der Waals surface area contributed by atoms with Gasteiger partial charge < -0.3 is 10.1 Å². The maximum absolute atomic E-state index is 6.12. The normalized spacial score (nSPS) is 14.2. The smallest absolute Gasteiger partial charge is 0.141 e. The fourth-order valence-electron chi connectivity index (χ4n) is 2.29. The predicted molar refractivity (Wildman–Crippen MR) is 90.0 cm³/mol. The molecule has 1 saturated carbocycles. The average Bonchev–Trinajstić information content (AvgIpc) is 3.26. The zero-order valence-corrected chi connectivity index (χ0v) is 14.0. The van der Waals surface area contributed by atoms with Gasteiger partial charge >= 0.3 is 0 Å². The highest BCUT2D eigenvalue weighted by Crippen LogP contribution is 2.33. The van der Waals surface area contributed by atoms with Gasteiger partial charge in [-0.3, -0.25) is 0 Å². The molecule has 0 spiro atoms. The van der Waals surface area contributed by atoms with E-state index in [1.54, 1.807) is 0 Å². The zero-order chi connectivity index (χ0) is 14.8. The van der Waals surface area contributed by atoms with Gasteiger partial charge in [-0.15, -0.1) is 0 Å². The Labute approximate surface area is 134 Å². The fourth-order valence-corrected chi connectivity index (χ4v) is 2.87. The molecular formula is C18H20BrNO. The van der Waals surface area contributed by atoms with E-state index in [4.69, 9.17) is 4.74 Å². The zero-order valence-electron chi connectivity index (χ0n) is 12.4. The minimum atomic E-state index is 0.699. The summed E-state index contributed by atoms with van der Waals surface area (Å²) in [7, 11) is 0. The van der Waals surface area contributed by atoms with Crippen molar-refractivity contribution in [1.29, 1.82) is 0 Å². The molecule has 3 rings (SSSR count). The molecular weight excluding hydrogens is 326 g/mol. The van der Waals surface area contributed by atoms with E-state index >= 15 is 0 Å². The Balaban J connectivity index is 1.82. The Morgan fingerprint density at radius 2 is 1.71 bits per heavy atom. The van der Waals surface area contributed by atoms with Gasteiger partial charge in [-0.2, -0.15) is 0 Å². The van der Waals surface area contributed by atoms with E-state index in [1.165, 1.54) is 29.5 Å². The van der Waals surface area contributed by atoms with Crippen molar-refractivity contribution in [3.8, 4) is 11.5 Å². The Morgan fingerprint density at radius 3 is 2.38 bits per heavy atom.